The van der Waals surface area contributed by atoms with Crippen molar-refractivity contribution in [3.8, 4) is 23.1 Å². The van der Waals surface area contributed by atoms with Crippen LogP contribution in [0, 0.1) is 11.3 Å². The highest BCUT2D eigenvalue weighted by atomic mass is 16.5. The van der Waals surface area contributed by atoms with E-state index in [2.05, 4.69) is 29.3 Å². The normalized spacial score (nSPS) is 11.1. The Balaban J connectivity index is 1.62. The third-order valence-electron chi connectivity index (χ3n) is 6.26. The fourth-order valence-corrected chi connectivity index (χ4v) is 4.38. The van der Waals surface area contributed by atoms with Gasteiger partial charge in [0.15, 0.2) is 0 Å². The molecule has 1 N–H and O–H groups in total. The number of rotatable bonds is 6. The number of methoxy groups -OCH3 is 1. The van der Waals surface area contributed by atoms with Crippen LogP contribution in [0.25, 0.3) is 33.1 Å². The Morgan fingerprint density at radius 3 is 2.41 bits per heavy atom. The molecule has 5 aromatic rings. The molecule has 0 bridgehead atoms. The molecule has 0 aliphatic rings. The van der Waals surface area contributed by atoms with Crippen LogP contribution in [0.5, 0.6) is 5.75 Å². The molecule has 3 aromatic carbocycles. The van der Waals surface area contributed by atoms with Crippen LogP contribution in [0.3, 0.4) is 0 Å². The highest BCUT2D eigenvalue weighted by Crippen LogP contribution is 2.36. The van der Waals surface area contributed by atoms with Crippen LogP contribution in [0.1, 0.15) is 22.3 Å². The van der Waals surface area contributed by atoms with Gasteiger partial charge in [0.25, 0.3) is 0 Å². The summed E-state index contributed by atoms with van der Waals surface area (Å²) >= 11 is 0. The Morgan fingerprint density at radius 2 is 1.74 bits per heavy atom. The molecule has 6 nitrogen and oxygen atoms in total. The second kappa shape index (κ2) is 8.97. The van der Waals surface area contributed by atoms with E-state index in [-0.39, 0.29) is 6.61 Å². The summed E-state index contributed by atoms with van der Waals surface area (Å²) in [6.07, 6.45) is 3.51. The first-order chi connectivity index (χ1) is 16.6. The van der Waals surface area contributed by atoms with Crippen molar-refractivity contribution >= 4 is 21.8 Å². The molecule has 0 atom stereocenters. The molecule has 0 saturated heterocycles. The second-order valence-corrected chi connectivity index (χ2v) is 8.34. The van der Waals surface area contributed by atoms with E-state index in [1.165, 1.54) is 5.56 Å². The zero-order valence-corrected chi connectivity index (χ0v) is 19.1. The van der Waals surface area contributed by atoms with Gasteiger partial charge in [0.05, 0.1) is 42.6 Å². The van der Waals surface area contributed by atoms with Crippen LogP contribution < -0.4 is 4.74 Å². The van der Waals surface area contributed by atoms with Crippen molar-refractivity contribution in [1.82, 2.24) is 14.8 Å². The minimum absolute atomic E-state index is 0.0501. The van der Waals surface area contributed by atoms with Crippen LogP contribution in [0.2, 0.25) is 0 Å². The monoisotopic (exact) mass is 448 g/mol. The fourth-order valence-electron chi connectivity index (χ4n) is 4.38. The SMILES string of the molecule is COc1cc2ncc3c(c(-c4ccc(C#N)cc4)nn3C)c2cc1CCc1ccc(CO)cc1. The van der Waals surface area contributed by atoms with E-state index >= 15 is 0 Å². The minimum atomic E-state index is 0.0501. The van der Waals surface area contributed by atoms with Crippen LogP contribution in [0.4, 0.5) is 0 Å². The Morgan fingerprint density at radius 1 is 1.00 bits per heavy atom. The summed E-state index contributed by atoms with van der Waals surface area (Å²) in [4.78, 5) is 4.68. The molecule has 0 amide bonds. The first-order valence-corrected chi connectivity index (χ1v) is 11.1. The van der Waals surface area contributed by atoms with Crippen molar-refractivity contribution in [3.63, 3.8) is 0 Å². The molecule has 0 fully saturated rings. The quantitative estimate of drug-likeness (QED) is 0.397. The highest BCUT2D eigenvalue weighted by molar-refractivity contribution is 6.11. The molecule has 34 heavy (non-hydrogen) atoms. The van der Waals surface area contributed by atoms with Gasteiger partial charge in [-0.25, -0.2) is 0 Å². The number of hydrogen-bond acceptors (Lipinski definition) is 5. The molecule has 0 unspecified atom stereocenters. The van der Waals surface area contributed by atoms with Gasteiger partial charge in [0, 0.05) is 29.4 Å². The van der Waals surface area contributed by atoms with Crippen LogP contribution in [-0.4, -0.2) is 27.0 Å². The van der Waals surface area contributed by atoms with Gasteiger partial charge in [-0.1, -0.05) is 36.4 Å². The Kier molecular flexibility index (Phi) is 5.70. The molecular formula is C28H24N4O2. The number of hydrogen-bond donors (Lipinski definition) is 1. The predicted octanol–water partition coefficient (Wildman–Crippen LogP) is 4.95. The maximum Gasteiger partial charge on any atom is 0.124 e. The molecule has 168 valence electrons. The van der Waals surface area contributed by atoms with E-state index in [0.717, 1.165) is 62.8 Å². The summed E-state index contributed by atoms with van der Waals surface area (Å²) in [6.45, 7) is 0.0501. The summed E-state index contributed by atoms with van der Waals surface area (Å²) in [7, 11) is 3.61. The van der Waals surface area contributed by atoms with Gasteiger partial charge in [-0.05, 0) is 47.7 Å². The molecule has 0 aliphatic heterocycles. The summed E-state index contributed by atoms with van der Waals surface area (Å²) in [5.74, 6) is 0.815. The van der Waals surface area contributed by atoms with Crippen LogP contribution >= 0.6 is 0 Å². The number of nitrogens with zero attached hydrogens (tertiary/aromatic N) is 4. The highest BCUT2D eigenvalue weighted by Gasteiger charge is 2.17. The number of aryl methyl sites for hydroxylation is 3. The molecule has 0 saturated carbocycles. The van der Waals surface area contributed by atoms with Gasteiger partial charge in [0.2, 0.25) is 0 Å². The molecule has 0 spiro atoms. The summed E-state index contributed by atoms with van der Waals surface area (Å²) in [5, 5.41) is 25.3. The van der Waals surface area contributed by atoms with E-state index in [9.17, 15) is 5.11 Å². The van der Waals surface area contributed by atoms with Crippen LogP contribution in [0.15, 0.2) is 66.9 Å². The first-order valence-electron chi connectivity index (χ1n) is 11.1. The van der Waals surface area contributed by atoms with Gasteiger partial charge in [-0.15, -0.1) is 0 Å². The predicted molar refractivity (Wildman–Crippen MR) is 132 cm³/mol. The molecule has 2 aromatic heterocycles. The minimum Gasteiger partial charge on any atom is -0.496 e. The second-order valence-electron chi connectivity index (χ2n) is 8.34. The molecule has 5 rings (SSSR count). The number of benzene rings is 3. The lowest BCUT2D eigenvalue weighted by Crippen LogP contribution is -1.97. The zero-order valence-electron chi connectivity index (χ0n) is 19.1. The van der Waals surface area contributed by atoms with E-state index in [1.54, 1.807) is 7.11 Å². The van der Waals surface area contributed by atoms with Crippen molar-refractivity contribution in [3.05, 3.63) is 89.1 Å². The van der Waals surface area contributed by atoms with Gasteiger partial charge < -0.3 is 9.84 Å². The van der Waals surface area contributed by atoms with Crippen LogP contribution in [-0.2, 0) is 26.5 Å². The van der Waals surface area contributed by atoms with E-state index in [1.807, 2.05) is 60.4 Å². The number of aliphatic hydroxyl groups excluding tert-OH is 1. The largest absolute Gasteiger partial charge is 0.496 e. The van der Waals surface area contributed by atoms with Gasteiger partial charge in [-0.2, -0.15) is 10.4 Å². The number of fused-ring (bicyclic) bond motifs is 3. The van der Waals surface area contributed by atoms with E-state index in [0.29, 0.717) is 5.56 Å². The molecule has 0 radical (unpaired) electrons. The van der Waals surface area contributed by atoms with Gasteiger partial charge >= 0.3 is 0 Å². The van der Waals surface area contributed by atoms with Crippen molar-refractivity contribution in [2.45, 2.75) is 19.4 Å². The van der Waals surface area contributed by atoms with Crippen molar-refractivity contribution in [1.29, 1.82) is 5.26 Å². The maximum absolute atomic E-state index is 9.28. The van der Waals surface area contributed by atoms with Crippen molar-refractivity contribution in [2.24, 2.45) is 7.05 Å². The Hall–Kier alpha value is -4.21. The molecule has 2 heterocycles. The fraction of sp³-hybridized carbons (Fsp3) is 0.179. The lowest BCUT2D eigenvalue weighted by Gasteiger charge is -2.12. The van der Waals surface area contributed by atoms with E-state index in [4.69, 9.17) is 15.1 Å². The summed E-state index contributed by atoms with van der Waals surface area (Å²) in [5.41, 5.74) is 7.46. The molecular weight excluding hydrogens is 424 g/mol. The molecule has 6 heteroatoms. The number of aliphatic hydroxyl groups is 1. The Bertz CT molecular complexity index is 1530. The van der Waals surface area contributed by atoms with Gasteiger partial charge in [-0.3, -0.25) is 9.67 Å². The number of nitriles is 1. The average Bonchev–Trinajstić information content (AvgIpc) is 3.23. The standard InChI is InChI=1S/C28H24N4O2/c1-32-25-16-30-24-14-26(34-2)22(12-7-18-3-5-20(17-33)6-4-18)13-23(24)27(25)28(31-32)21-10-8-19(15-29)9-11-21/h3-6,8-11,13-14,16,33H,7,12,17H2,1-2H3. The third-order valence-corrected chi connectivity index (χ3v) is 6.26. The third kappa shape index (κ3) is 3.87. The van der Waals surface area contributed by atoms with Crippen molar-refractivity contribution < 1.29 is 9.84 Å². The average molecular weight is 449 g/mol. The summed E-state index contributed by atoms with van der Waals surface area (Å²) in [6, 6.07) is 21.9. The smallest absolute Gasteiger partial charge is 0.124 e. The lowest BCUT2D eigenvalue weighted by atomic mass is 9.98. The zero-order chi connectivity index (χ0) is 23.7. The topological polar surface area (TPSA) is 84.0 Å². The Labute approximate surface area is 197 Å². The first kappa shape index (κ1) is 21.6. The van der Waals surface area contributed by atoms with E-state index < -0.39 is 0 Å². The number of aromatic nitrogens is 3. The maximum atomic E-state index is 9.28. The van der Waals surface area contributed by atoms with Crippen molar-refractivity contribution in [2.75, 3.05) is 7.11 Å². The summed E-state index contributed by atoms with van der Waals surface area (Å²) < 4.78 is 7.56. The lowest BCUT2D eigenvalue weighted by molar-refractivity contribution is 0.282. The molecule has 0 aliphatic carbocycles. The van der Waals surface area contributed by atoms with Gasteiger partial charge in [0.1, 0.15) is 11.4 Å². The number of pyridine rings is 1. The number of ether oxygens (including phenoxy) is 1.